The van der Waals surface area contributed by atoms with Crippen LogP contribution in [0.5, 0.6) is 5.75 Å². The summed E-state index contributed by atoms with van der Waals surface area (Å²) in [6.07, 6.45) is 0. The Labute approximate surface area is 123 Å². The second kappa shape index (κ2) is 5.12. The predicted molar refractivity (Wildman–Crippen MR) is 66.6 cm³/mol. The number of benzene rings is 1. The monoisotopic (exact) mass is 230 g/mol. The van der Waals surface area contributed by atoms with Crippen LogP contribution >= 0.6 is 0 Å². The minimum absolute atomic E-state index is 0. The molecule has 0 unspecified atom stereocenters. The van der Waals surface area contributed by atoms with Gasteiger partial charge in [-0.3, -0.25) is 0 Å². The smallest absolute Gasteiger partial charge is 1.00 e. The van der Waals surface area contributed by atoms with Crippen LogP contribution in [0.25, 0.3) is 0 Å². The predicted octanol–water partition coefficient (Wildman–Crippen LogP) is 1.10. The number of hydrogen-bond acceptors (Lipinski definition) is 1. The van der Waals surface area contributed by atoms with Crippen LogP contribution in [0.3, 0.4) is 0 Å². The van der Waals surface area contributed by atoms with E-state index in [2.05, 4.69) is 47.6 Å². The Balaban J connectivity index is 0. The molecule has 0 aliphatic heterocycles. The summed E-state index contributed by atoms with van der Waals surface area (Å²) in [5.74, 6) is 0.399. The third-order valence-electron chi connectivity index (χ3n) is 2.67. The molecule has 1 rings (SSSR count). The molecule has 0 saturated carbocycles. The van der Waals surface area contributed by atoms with Crippen molar-refractivity contribution in [2.45, 2.75) is 52.4 Å². The molecular weight excluding hydrogens is 207 g/mol. The van der Waals surface area contributed by atoms with Crippen molar-refractivity contribution >= 4 is 0 Å². The summed E-state index contributed by atoms with van der Waals surface area (Å²) in [7, 11) is 0. The SMILES string of the molecule is CC(C)(C)c1ccc(O)c(C(C)(C)C)c1.[H-].[Na+]. The Bertz CT molecular complexity index is 361. The fraction of sp³-hybridized carbons (Fsp3) is 0.571. The van der Waals surface area contributed by atoms with Crippen LogP contribution in [0.4, 0.5) is 0 Å². The van der Waals surface area contributed by atoms with Crippen LogP contribution in [0.2, 0.25) is 0 Å². The maximum absolute atomic E-state index is 9.84. The Kier molecular flexibility index (Phi) is 5.12. The first-order chi connectivity index (χ1) is 6.62. The van der Waals surface area contributed by atoms with E-state index in [1.54, 1.807) is 6.07 Å². The fourth-order valence-electron chi connectivity index (χ4n) is 1.60. The second-order valence-electron chi connectivity index (χ2n) is 6.23. The molecule has 2 heteroatoms. The van der Waals surface area contributed by atoms with E-state index in [4.69, 9.17) is 0 Å². The quantitative estimate of drug-likeness (QED) is 0.662. The molecule has 0 fully saturated rings. The van der Waals surface area contributed by atoms with E-state index in [1.165, 1.54) is 5.56 Å². The maximum atomic E-state index is 9.84. The van der Waals surface area contributed by atoms with Gasteiger partial charge in [-0.15, -0.1) is 0 Å². The Morgan fingerprint density at radius 3 is 1.81 bits per heavy atom. The standard InChI is InChI=1S/C14H22O.Na.H/c1-13(2,3)10-7-8-12(15)11(9-10)14(4,5)6;;/h7-9,15H,1-6H3;;/q;+1;-1. The third-order valence-corrected chi connectivity index (χ3v) is 2.67. The first kappa shape index (κ1) is 16.0. The molecule has 1 aromatic rings. The number of rotatable bonds is 0. The van der Waals surface area contributed by atoms with Gasteiger partial charge in [-0.05, 0) is 28.0 Å². The van der Waals surface area contributed by atoms with Crippen LogP contribution in [0.15, 0.2) is 18.2 Å². The van der Waals surface area contributed by atoms with Gasteiger partial charge in [-0.2, -0.15) is 0 Å². The van der Waals surface area contributed by atoms with Crippen molar-refractivity contribution in [3.05, 3.63) is 29.3 Å². The summed E-state index contributed by atoms with van der Waals surface area (Å²) in [4.78, 5) is 0. The molecule has 86 valence electrons. The summed E-state index contributed by atoms with van der Waals surface area (Å²) in [6.45, 7) is 12.9. The van der Waals surface area contributed by atoms with E-state index in [0.717, 1.165) is 5.56 Å². The fourth-order valence-corrected chi connectivity index (χ4v) is 1.60. The number of aromatic hydroxyl groups is 1. The van der Waals surface area contributed by atoms with Crippen LogP contribution in [-0.4, -0.2) is 5.11 Å². The van der Waals surface area contributed by atoms with Gasteiger partial charge in [0, 0.05) is 0 Å². The summed E-state index contributed by atoms with van der Waals surface area (Å²) in [6, 6.07) is 5.93. The summed E-state index contributed by atoms with van der Waals surface area (Å²) in [5, 5.41) is 9.84. The van der Waals surface area contributed by atoms with Crippen molar-refractivity contribution in [3.63, 3.8) is 0 Å². The zero-order valence-electron chi connectivity index (χ0n) is 12.7. The Morgan fingerprint density at radius 2 is 1.44 bits per heavy atom. The maximum Gasteiger partial charge on any atom is 1.00 e. The molecule has 0 spiro atoms. The van der Waals surface area contributed by atoms with E-state index in [0.29, 0.717) is 5.75 Å². The van der Waals surface area contributed by atoms with Crippen LogP contribution in [0.1, 0.15) is 54.1 Å². The minimum Gasteiger partial charge on any atom is -1.00 e. The molecule has 0 radical (unpaired) electrons. The van der Waals surface area contributed by atoms with E-state index >= 15 is 0 Å². The van der Waals surface area contributed by atoms with Crippen molar-refractivity contribution in [2.75, 3.05) is 0 Å². The molecule has 0 amide bonds. The van der Waals surface area contributed by atoms with Gasteiger partial charge < -0.3 is 6.53 Å². The molecule has 1 nitrogen and oxygen atoms in total. The third kappa shape index (κ3) is 3.80. The average molecular weight is 230 g/mol. The topological polar surface area (TPSA) is 20.2 Å². The first-order valence-electron chi connectivity index (χ1n) is 5.46. The van der Waals surface area contributed by atoms with Crippen LogP contribution in [-0.2, 0) is 10.8 Å². The van der Waals surface area contributed by atoms with Gasteiger partial charge in [0.1, 0.15) is 5.75 Å². The largest absolute Gasteiger partial charge is 1.00 e. The van der Waals surface area contributed by atoms with E-state index < -0.39 is 0 Å². The van der Waals surface area contributed by atoms with Crippen molar-refractivity contribution in [3.8, 4) is 5.75 Å². The Morgan fingerprint density at radius 1 is 0.938 bits per heavy atom. The van der Waals surface area contributed by atoms with E-state index in [-0.39, 0.29) is 41.8 Å². The molecule has 1 N–H and O–H groups in total. The molecule has 0 aliphatic rings. The Hall–Kier alpha value is 0.0200. The second-order valence-corrected chi connectivity index (χ2v) is 6.23. The zero-order chi connectivity index (χ0) is 11.9. The molecule has 0 atom stereocenters. The molecule has 1 aromatic carbocycles. The van der Waals surface area contributed by atoms with Gasteiger partial charge in [0.15, 0.2) is 0 Å². The molecule has 0 aliphatic carbocycles. The van der Waals surface area contributed by atoms with Gasteiger partial charge in [-0.25, -0.2) is 0 Å². The van der Waals surface area contributed by atoms with Crippen molar-refractivity contribution < 1.29 is 36.1 Å². The van der Waals surface area contributed by atoms with Gasteiger partial charge in [-0.1, -0.05) is 53.7 Å². The van der Waals surface area contributed by atoms with Gasteiger partial charge in [0.2, 0.25) is 0 Å². The minimum atomic E-state index is -0.00859. The van der Waals surface area contributed by atoms with E-state index in [1.807, 2.05) is 6.07 Å². The molecule has 0 aromatic heterocycles. The van der Waals surface area contributed by atoms with Crippen molar-refractivity contribution in [1.29, 1.82) is 0 Å². The number of phenolic OH excluding ortho intramolecular Hbond substituents is 1. The molecule has 16 heavy (non-hydrogen) atoms. The van der Waals surface area contributed by atoms with Crippen LogP contribution < -0.4 is 29.6 Å². The van der Waals surface area contributed by atoms with Crippen LogP contribution in [0, 0.1) is 0 Å². The molecule has 0 bridgehead atoms. The van der Waals surface area contributed by atoms with Crippen molar-refractivity contribution in [1.82, 2.24) is 0 Å². The summed E-state index contributed by atoms with van der Waals surface area (Å²) >= 11 is 0. The summed E-state index contributed by atoms with van der Waals surface area (Å²) in [5.41, 5.74) is 2.42. The van der Waals surface area contributed by atoms with Gasteiger partial charge >= 0.3 is 29.6 Å². The van der Waals surface area contributed by atoms with Gasteiger partial charge in [0.05, 0.1) is 0 Å². The molecule has 0 saturated heterocycles. The average Bonchev–Trinajstić information content (AvgIpc) is 2.00. The van der Waals surface area contributed by atoms with Crippen molar-refractivity contribution in [2.24, 2.45) is 0 Å². The molecule has 0 heterocycles. The van der Waals surface area contributed by atoms with E-state index in [9.17, 15) is 5.11 Å². The summed E-state index contributed by atoms with van der Waals surface area (Å²) < 4.78 is 0. The number of phenols is 1. The van der Waals surface area contributed by atoms with Gasteiger partial charge in [0.25, 0.3) is 0 Å². The normalized spacial score (nSPS) is 12.1. The first-order valence-corrected chi connectivity index (χ1v) is 5.46. The molecular formula is C14H23NaO. The number of hydrogen-bond donors (Lipinski definition) is 1. The zero-order valence-corrected chi connectivity index (χ0v) is 13.7.